The maximum atomic E-state index is 11.4. The molecule has 4 nitrogen and oxygen atoms in total. The van der Waals surface area contributed by atoms with Crippen molar-refractivity contribution in [1.29, 1.82) is 0 Å². The van der Waals surface area contributed by atoms with Gasteiger partial charge >= 0.3 is 5.97 Å². The highest BCUT2D eigenvalue weighted by Crippen LogP contribution is 2.26. The number of rotatable bonds is 3. The predicted molar refractivity (Wildman–Crippen MR) is 76.7 cm³/mol. The van der Waals surface area contributed by atoms with Crippen LogP contribution in [0.15, 0.2) is 36.5 Å². The Kier molecular flexibility index (Phi) is 4.12. The first kappa shape index (κ1) is 12.5. The van der Waals surface area contributed by atoms with Gasteiger partial charge in [-0.2, -0.15) is 5.10 Å². The van der Waals surface area contributed by atoms with Gasteiger partial charge in [-0.15, -0.1) is 0 Å². The average Bonchev–Trinajstić information content (AvgIpc) is 2.86. The highest BCUT2D eigenvalue weighted by Gasteiger charge is 2.08. The number of aromatic nitrogens is 2. The number of hydrogen-bond donors (Lipinski definition) is 0. The summed E-state index contributed by atoms with van der Waals surface area (Å²) >= 11 is 2.26. The van der Waals surface area contributed by atoms with Gasteiger partial charge in [0.15, 0.2) is 0 Å². The second-order valence-corrected chi connectivity index (χ2v) is 5.38. The van der Waals surface area contributed by atoms with E-state index >= 15 is 0 Å². The van der Waals surface area contributed by atoms with Crippen LogP contribution in [0.1, 0.15) is 10.4 Å². The Balaban J connectivity index is 2.35. The maximum absolute atomic E-state index is 11.4. The molecular weight excluding hydrogens is 350 g/mol. The minimum Gasteiger partial charge on any atom is -0.465 e. The Bertz CT molecular complexity index is 542. The standard InChI is InChI=1S/C11H10IN2O2P/c1-16-11(15)9-4-2-3-8(7-9)10-5-6-14(13-10)17-12/h2-7,17H,1H3. The minimum atomic E-state index is -0.331. The van der Waals surface area contributed by atoms with Crippen molar-refractivity contribution in [1.82, 2.24) is 9.55 Å². The lowest BCUT2D eigenvalue weighted by atomic mass is 10.1. The zero-order valence-electron chi connectivity index (χ0n) is 9.05. The number of methoxy groups -OCH3 is 1. The highest BCUT2D eigenvalue weighted by atomic mass is 127. The van der Waals surface area contributed by atoms with Crippen molar-refractivity contribution in [3.8, 4) is 11.3 Å². The molecule has 0 amide bonds. The quantitative estimate of drug-likeness (QED) is 0.480. The van der Waals surface area contributed by atoms with Gasteiger partial charge in [0.05, 0.1) is 24.7 Å². The number of esters is 1. The first-order chi connectivity index (χ1) is 8.24. The molecule has 2 rings (SSSR count). The van der Waals surface area contributed by atoms with Crippen molar-refractivity contribution in [2.24, 2.45) is 0 Å². The molecular formula is C11H10IN2O2P. The van der Waals surface area contributed by atoms with Gasteiger partial charge in [-0.3, -0.25) is 0 Å². The monoisotopic (exact) mass is 360 g/mol. The third-order valence-corrected chi connectivity index (χ3v) is 4.16. The van der Waals surface area contributed by atoms with Crippen molar-refractivity contribution >= 4 is 34.4 Å². The van der Waals surface area contributed by atoms with E-state index in [4.69, 9.17) is 0 Å². The summed E-state index contributed by atoms with van der Waals surface area (Å²) in [4.78, 5) is 11.4. The molecule has 0 aliphatic rings. The van der Waals surface area contributed by atoms with Gasteiger partial charge in [0.1, 0.15) is 0 Å². The second kappa shape index (κ2) is 5.60. The number of hydrogen-bond acceptors (Lipinski definition) is 3. The normalized spacial score (nSPS) is 10.9. The summed E-state index contributed by atoms with van der Waals surface area (Å²) in [6.45, 7) is 0. The summed E-state index contributed by atoms with van der Waals surface area (Å²) in [5, 5.41) is 4.39. The molecule has 0 saturated heterocycles. The van der Waals surface area contributed by atoms with Crippen LogP contribution in [0.25, 0.3) is 11.3 Å². The van der Waals surface area contributed by atoms with Crippen LogP contribution < -0.4 is 0 Å². The molecule has 6 heteroatoms. The molecule has 1 aromatic carbocycles. The number of ether oxygens (including phenoxy) is 1. The fourth-order valence-corrected chi connectivity index (χ4v) is 2.53. The highest BCUT2D eigenvalue weighted by molar-refractivity contribution is 14.2. The Hall–Kier alpha value is -0.940. The molecule has 88 valence electrons. The number of nitrogens with zero attached hydrogens (tertiary/aromatic N) is 2. The molecule has 0 bridgehead atoms. The van der Waals surface area contributed by atoms with E-state index in [1.54, 1.807) is 12.1 Å². The summed E-state index contributed by atoms with van der Waals surface area (Å²) in [6, 6.07) is 9.20. The summed E-state index contributed by atoms with van der Waals surface area (Å²) < 4.78 is 6.55. The zero-order valence-corrected chi connectivity index (χ0v) is 12.2. The van der Waals surface area contributed by atoms with E-state index in [-0.39, 0.29) is 5.97 Å². The van der Waals surface area contributed by atoms with Gasteiger partial charge in [0.2, 0.25) is 0 Å². The molecule has 0 fully saturated rings. The summed E-state index contributed by atoms with van der Waals surface area (Å²) in [7, 11) is 1.38. The number of halogens is 1. The number of benzene rings is 1. The largest absolute Gasteiger partial charge is 0.465 e. The molecule has 0 aliphatic carbocycles. The molecule has 2 aromatic rings. The fourth-order valence-electron chi connectivity index (χ4n) is 1.45. The van der Waals surface area contributed by atoms with E-state index in [1.165, 1.54) is 7.11 Å². The van der Waals surface area contributed by atoms with Crippen LogP contribution in [0.4, 0.5) is 0 Å². The van der Waals surface area contributed by atoms with Gasteiger partial charge in [-0.05, 0) is 40.2 Å². The van der Waals surface area contributed by atoms with Gasteiger partial charge in [-0.1, -0.05) is 12.1 Å². The van der Waals surface area contributed by atoms with E-state index in [1.807, 2.05) is 28.8 Å². The summed E-state index contributed by atoms with van der Waals surface area (Å²) in [5.74, 6) is -0.331. The third-order valence-electron chi connectivity index (χ3n) is 2.26. The van der Waals surface area contributed by atoms with Gasteiger partial charge < -0.3 is 4.74 Å². The van der Waals surface area contributed by atoms with E-state index in [0.717, 1.165) is 11.3 Å². The number of carbonyl (C=O) groups is 1. The average molecular weight is 360 g/mol. The lowest BCUT2D eigenvalue weighted by Crippen LogP contribution is -2.00. The SMILES string of the molecule is COC(=O)c1cccc(-c2ccn(PI)n2)c1. The van der Waals surface area contributed by atoms with Crippen LogP contribution in [-0.4, -0.2) is 22.6 Å². The van der Waals surface area contributed by atoms with Crippen molar-refractivity contribution in [2.75, 3.05) is 7.11 Å². The molecule has 0 saturated carbocycles. The first-order valence-corrected chi connectivity index (χ1v) is 8.92. The number of carbonyl (C=O) groups excluding carboxylic acids is 1. The Morgan fingerprint density at radius 1 is 1.47 bits per heavy atom. The van der Waals surface area contributed by atoms with Crippen LogP contribution in [-0.2, 0) is 4.74 Å². The molecule has 1 atom stereocenters. The van der Waals surface area contributed by atoms with Gasteiger partial charge in [0, 0.05) is 11.8 Å². The van der Waals surface area contributed by atoms with Gasteiger partial charge in [0.25, 0.3) is 0 Å². The van der Waals surface area contributed by atoms with E-state index in [9.17, 15) is 4.79 Å². The van der Waals surface area contributed by atoms with Crippen LogP contribution >= 0.6 is 28.4 Å². The molecule has 0 spiro atoms. The topological polar surface area (TPSA) is 44.1 Å². The lowest BCUT2D eigenvalue weighted by molar-refractivity contribution is 0.0601. The minimum absolute atomic E-state index is 0.331. The molecule has 1 unspecified atom stereocenters. The van der Waals surface area contributed by atoms with Crippen LogP contribution in [0.3, 0.4) is 0 Å². The van der Waals surface area contributed by atoms with E-state index < -0.39 is 0 Å². The van der Waals surface area contributed by atoms with Crippen molar-refractivity contribution in [3.63, 3.8) is 0 Å². The Morgan fingerprint density at radius 2 is 2.29 bits per heavy atom. The second-order valence-electron chi connectivity index (χ2n) is 3.30. The first-order valence-electron chi connectivity index (χ1n) is 4.85. The molecule has 0 aliphatic heterocycles. The van der Waals surface area contributed by atoms with E-state index in [2.05, 4.69) is 31.9 Å². The molecule has 0 N–H and O–H groups in total. The Labute approximate surface area is 114 Å². The van der Waals surface area contributed by atoms with Crippen molar-refractivity contribution in [3.05, 3.63) is 42.1 Å². The molecule has 17 heavy (non-hydrogen) atoms. The van der Waals surface area contributed by atoms with Crippen molar-refractivity contribution in [2.45, 2.75) is 0 Å². The maximum Gasteiger partial charge on any atom is 0.337 e. The van der Waals surface area contributed by atoms with Crippen LogP contribution in [0.2, 0.25) is 0 Å². The van der Waals surface area contributed by atoms with Crippen LogP contribution in [0, 0.1) is 0 Å². The fraction of sp³-hybridized carbons (Fsp3) is 0.0909. The zero-order chi connectivity index (χ0) is 12.3. The molecule has 1 heterocycles. The molecule has 1 aromatic heterocycles. The van der Waals surface area contributed by atoms with Crippen molar-refractivity contribution < 1.29 is 9.53 Å². The van der Waals surface area contributed by atoms with Gasteiger partial charge in [-0.25, -0.2) is 9.25 Å². The third kappa shape index (κ3) is 2.84. The van der Waals surface area contributed by atoms with E-state index in [0.29, 0.717) is 11.9 Å². The lowest BCUT2D eigenvalue weighted by Gasteiger charge is -2.01. The smallest absolute Gasteiger partial charge is 0.337 e. The molecule has 0 radical (unpaired) electrons. The summed E-state index contributed by atoms with van der Waals surface area (Å²) in [5.41, 5.74) is 2.32. The summed E-state index contributed by atoms with van der Waals surface area (Å²) in [6.07, 6.45) is 2.49. The van der Waals surface area contributed by atoms with Crippen LogP contribution in [0.5, 0.6) is 0 Å². The predicted octanol–water partition coefficient (Wildman–Crippen LogP) is 3.13. The Morgan fingerprint density at radius 3 is 2.94 bits per heavy atom.